The molecular formula is C47H31N. The molecule has 11 rings (SSSR count). The lowest BCUT2D eigenvalue weighted by Crippen LogP contribution is -2.22. The van der Waals surface area contributed by atoms with Gasteiger partial charge in [-0.25, -0.2) is 4.98 Å². The van der Waals surface area contributed by atoms with E-state index in [1.807, 2.05) is 0 Å². The molecule has 1 unspecified atom stereocenters. The highest BCUT2D eigenvalue weighted by atomic mass is 14.7. The van der Waals surface area contributed by atoms with Gasteiger partial charge in [0.05, 0.1) is 11.4 Å². The van der Waals surface area contributed by atoms with Crippen molar-refractivity contribution in [1.82, 2.24) is 4.98 Å². The lowest BCUT2D eigenvalue weighted by molar-refractivity contribution is 0.834. The quantitative estimate of drug-likeness (QED) is 0.198. The predicted octanol–water partition coefficient (Wildman–Crippen LogP) is 11.7. The van der Waals surface area contributed by atoms with Crippen molar-refractivity contribution in [3.8, 4) is 22.5 Å². The Labute approximate surface area is 280 Å². The summed E-state index contributed by atoms with van der Waals surface area (Å²) in [6.45, 7) is 0. The molecule has 5 aromatic rings. The molecule has 1 aromatic heterocycles. The van der Waals surface area contributed by atoms with Crippen LogP contribution in [0.4, 0.5) is 0 Å². The summed E-state index contributed by atoms with van der Waals surface area (Å²) in [4.78, 5) is 5.54. The summed E-state index contributed by atoms with van der Waals surface area (Å²) in [5.74, 6) is 0.321. The molecule has 1 nitrogen and oxygen atoms in total. The summed E-state index contributed by atoms with van der Waals surface area (Å²) >= 11 is 0. The molecule has 1 heterocycles. The summed E-state index contributed by atoms with van der Waals surface area (Å²) in [7, 11) is 0. The summed E-state index contributed by atoms with van der Waals surface area (Å²) < 4.78 is 0. The van der Waals surface area contributed by atoms with Crippen LogP contribution in [0.2, 0.25) is 0 Å². The summed E-state index contributed by atoms with van der Waals surface area (Å²) in [6, 6.07) is 29.3. The third-order valence-electron chi connectivity index (χ3n) is 11.2. The maximum Gasteiger partial charge on any atom is 0.0721 e. The molecule has 0 fully saturated rings. The number of rotatable bonds is 3. The number of aromatic nitrogens is 1. The van der Waals surface area contributed by atoms with Crippen LogP contribution in [0.15, 0.2) is 167 Å². The molecule has 0 amide bonds. The van der Waals surface area contributed by atoms with Gasteiger partial charge in [-0.05, 0) is 120 Å². The third kappa shape index (κ3) is 3.70. The molecule has 6 aliphatic carbocycles. The maximum atomic E-state index is 5.54. The molecule has 0 spiro atoms. The largest absolute Gasteiger partial charge is 0.248 e. The first-order valence-corrected chi connectivity index (χ1v) is 17.2. The van der Waals surface area contributed by atoms with E-state index in [-0.39, 0.29) is 0 Å². The predicted molar refractivity (Wildman–Crippen MR) is 201 cm³/mol. The van der Waals surface area contributed by atoms with Gasteiger partial charge in [0.25, 0.3) is 0 Å². The minimum Gasteiger partial charge on any atom is -0.248 e. The molecule has 6 aliphatic rings. The molecule has 0 aliphatic heterocycles. The van der Waals surface area contributed by atoms with Crippen LogP contribution >= 0.6 is 0 Å². The topological polar surface area (TPSA) is 12.9 Å². The average Bonchev–Trinajstić information content (AvgIpc) is 3.15. The van der Waals surface area contributed by atoms with Gasteiger partial charge < -0.3 is 0 Å². The van der Waals surface area contributed by atoms with E-state index in [1.54, 1.807) is 0 Å². The van der Waals surface area contributed by atoms with E-state index >= 15 is 0 Å². The van der Waals surface area contributed by atoms with Crippen LogP contribution in [0.1, 0.15) is 35.1 Å². The summed E-state index contributed by atoms with van der Waals surface area (Å²) in [5.41, 5.74) is 19.5. The van der Waals surface area contributed by atoms with Gasteiger partial charge >= 0.3 is 0 Å². The van der Waals surface area contributed by atoms with E-state index in [9.17, 15) is 0 Å². The minimum absolute atomic E-state index is 0.321. The fourth-order valence-electron chi connectivity index (χ4n) is 9.02. The second-order valence-electron chi connectivity index (χ2n) is 13.7. The maximum absolute atomic E-state index is 5.54. The Balaban J connectivity index is 1.20. The summed E-state index contributed by atoms with van der Waals surface area (Å²) in [5, 5.41) is 5.16. The normalized spacial score (nSPS) is 19.5. The third-order valence-corrected chi connectivity index (χ3v) is 11.2. The van der Waals surface area contributed by atoms with Gasteiger partial charge in [-0.1, -0.05) is 127 Å². The zero-order chi connectivity index (χ0) is 31.3. The molecular weight excluding hydrogens is 579 g/mol. The Bertz CT molecular complexity index is 2610. The van der Waals surface area contributed by atoms with Gasteiger partial charge in [-0.2, -0.15) is 0 Å². The molecule has 1 heteroatoms. The van der Waals surface area contributed by atoms with Crippen molar-refractivity contribution in [2.24, 2.45) is 5.92 Å². The van der Waals surface area contributed by atoms with Crippen molar-refractivity contribution >= 4 is 38.8 Å². The van der Waals surface area contributed by atoms with Gasteiger partial charge in [0.2, 0.25) is 0 Å². The Hall–Kier alpha value is -5.79. The fourth-order valence-corrected chi connectivity index (χ4v) is 9.02. The highest BCUT2D eigenvalue weighted by Crippen LogP contribution is 2.51. The van der Waals surface area contributed by atoms with Crippen molar-refractivity contribution < 1.29 is 0 Å². The number of hydrogen-bond donors (Lipinski definition) is 0. The number of allylic oxidation sites excluding steroid dienone is 17. The molecule has 0 bridgehead atoms. The zero-order valence-electron chi connectivity index (χ0n) is 26.5. The Kier molecular flexibility index (Phi) is 5.40. The van der Waals surface area contributed by atoms with Gasteiger partial charge in [-0.15, -0.1) is 0 Å². The molecule has 0 radical (unpaired) electrons. The number of pyridine rings is 1. The first-order valence-electron chi connectivity index (χ1n) is 17.2. The lowest BCUT2D eigenvalue weighted by atomic mass is 9.66. The zero-order valence-corrected chi connectivity index (χ0v) is 26.5. The van der Waals surface area contributed by atoms with Gasteiger partial charge in [0, 0.05) is 17.0 Å². The van der Waals surface area contributed by atoms with Crippen molar-refractivity contribution in [3.63, 3.8) is 0 Å². The first kappa shape index (κ1) is 26.3. The molecule has 4 aromatic carbocycles. The Morgan fingerprint density at radius 1 is 0.646 bits per heavy atom. The minimum atomic E-state index is 0.321. The van der Waals surface area contributed by atoms with Crippen LogP contribution in [-0.2, 0) is 6.42 Å². The standard InChI is InChI=1S/C47H31N/c1-2-14-36-28(7-1)8-5-15-37(36)42-26-35(41-25-34-13-4-11-30-17-19-32-12-6-16-39(41)46(32)45(30)34)27-43(48-42)38-23-21-33-20-18-29-9-3-10-31-22-24-40(38)47(33)44(29)31/h1-8,10-11,13-19,21-27,45H,9,12,20H2. The highest BCUT2D eigenvalue weighted by Gasteiger charge is 2.35. The Morgan fingerprint density at radius 3 is 2.46 bits per heavy atom. The van der Waals surface area contributed by atoms with Gasteiger partial charge in [0.15, 0.2) is 0 Å². The Morgan fingerprint density at radius 2 is 1.50 bits per heavy atom. The van der Waals surface area contributed by atoms with Gasteiger partial charge in [-0.3, -0.25) is 0 Å². The van der Waals surface area contributed by atoms with E-state index < -0.39 is 0 Å². The first-order chi connectivity index (χ1) is 23.8. The van der Waals surface area contributed by atoms with E-state index in [1.165, 1.54) is 93.9 Å². The molecule has 0 saturated heterocycles. The SMILES string of the molecule is C1=CC2=CC=C3CC=CC4=C3C2C(=C1)C=C4c1cc(-c2cccc3ccccc23)nc(-c2ccc3c4c5c(ccc24)C=CCC5=CC3)c1. The monoisotopic (exact) mass is 609 g/mol. The van der Waals surface area contributed by atoms with E-state index in [4.69, 9.17) is 4.98 Å². The van der Waals surface area contributed by atoms with Crippen LogP contribution in [-0.4, -0.2) is 4.98 Å². The summed E-state index contributed by atoms with van der Waals surface area (Å²) in [6.07, 6.45) is 28.6. The van der Waals surface area contributed by atoms with E-state index in [0.29, 0.717) is 5.92 Å². The number of hydrogen-bond acceptors (Lipinski definition) is 1. The molecule has 224 valence electrons. The van der Waals surface area contributed by atoms with Crippen molar-refractivity contribution in [2.75, 3.05) is 0 Å². The molecule has 0 N–H and O–H groups in total. The number of benzene rings is 4. The van der Waals surface area contributed by atoms with E-state index in [2.05, 4.69) is 146 Å². The van der Waals surface area contributed by atoms with Crippen LogP contribution in [0.3, 0.4) is 0 Å². The lowest BCUT2D eigenvalue weighted by Gasteiger charge is -2.37. The second kappa shape index (κ2) is 9.86. The molecule has 48 heavy (non-hydrogen) atoms. The molecule has 0 saturated carbocycles. The van der Waals surface area contributed by atoms with Crippen molar-refractivity contribution in [3.05, 3.63) is 190 Å². The van der Waals surface area contributed by atoms with Crippen LogP contribution in [0.25, 0.3) is 61.3 Å². The fraction of sp³-hybridized carbons (Fsp3) is 0.0851. The van der Waals surface area contributed by atoms with Crippen LogP contribution < -0.4 is 0 Å². The number of fused-ring (bicyclic) bond motifs is 1. The van der Waals surface area contributed by atoms with Crippen molar-refractivity contribution in [1.29, 1.82) is 0 Å². The smallest absolute Gasteiger partial charge is 0.0721 e. The second-order valence-corrected chi connectivity index (χ2v) is 13.7. The van der Waals surface area contributed by atoms with Gasteiger partial charge in [0.1, 0.15) is 0 Å². The van der Waals surface area contributed by atoms with Crippen molar-refractivity contribution in [2.45, 2.75) is 19.3 Å². The van der Waals surface area contributed by atoms with E-state index in [0.717, 1.165) is 30.7 Å². The molecule has 1 atom stereocenters. The number of nitrogens with zero attached hydrogens (tertiary/aromatic N) is 1. The van der Waals surface area contributed by atoms with Crippen LogP contribution in [0.5, 0.6) is 0 Å². The van der Waals surface area contributed by atoms with Crippen LogP contribution in [0, 0.1) is 5.92 Å². The average molecular weight is 610 g/mol. The highest BCUT2D eigenvalue weighted by molar-refractivity contribution is 6.08.